The van der Waals surface area contributed by atoms with Gasteiger partial charge in [0.1, 0.15) is 0 Å². The van der Waals surface area contributed by atoms with Crippen molar-refractivity contribution in [3.8, 4) is 0 Å². The molecule has 2 aromatic carbocycles. The van der Waals surface area contributed by atoms with E-state index in [2.05, 4.69) is 5.16 Å². The van der Waals surface area contributed by atoms with Crippen LogP contribution in [0.3, 0.4) is 0 Å². The van der Waals surface area contributed by atoms with Gasteiger partial charge in [0, 0.05) is 38.7 Å². The Kier molecular flexibility index (Phi) is 6.13. The molecule has 0 spiro atoms. The third-order valence-corrected chi connectivity index (χ3v) is 5.77. The lowest BCUT2D eigenvalue weighted by molar-refractivity contribution is -0.138. The zero-order valence-corrected chi connectivity index (χ0v) is 18.1. The van der Waals surface area contributed by atoms with E-state index in [0.717, 1.165) is 41.9 Å². The minimum Gasteiger partial charge on any atom is -0.390 e. The summed E-state index contributed by atoms with van der Waals surface area (Å²) in [6.45, 7) is 0.597. The van der Waals surface area contributed by atoms with Gasteiger partial charge in [0.2, 0.25) is 5.91 Å². The van der Waals surface area contributed by atoms with E-state index < -0.39 is 11.7 Å². The summed E-state index contributed by atoms with van der Waals surface area (Å²) >= 11 is 0. The summed E-state index contributed by atoms with van der Waals surface area (Å²) in [5.41, 5.74) is 2.85. The van der Waals surface area contributed by atoms with Crippen LogP contribution in [0.25, 0.3) is 0 Å². The molecule has 1 aliphatic heterocycles. The van der Waals surface area contributed by atoms with E-state index >= 15 is 0 Å². The van der Waals surface area contributed by atoms with Gasteiger partial charge in [-0.15, -0.1) is 0 Å². The van der Waals surface area contributed by atoms with E-state index in [4.69, 9.17) is 4.84 Å². The second kappa shape index (κ2) is 8.84. The lowest BCUT2D eigenvalue weighted by atomic mass is 10.0. The Morgan fingerprint density at radius 3 is 2.28 bits per heavy atom. The summed E-state index contributed by atoms with van der Waals surface area (Å²) in [5, 5.41) is 4.22. The van der Waals surface area contributed by atoms with Crippen molar-refractivity contribution in [1.82, 2.24) is 4.90 Å². The van der Waals surface area contributed by atoms with Gasteiger partial charge in [0.25, 0.3) is 0 Å². The first-order valence-corrected chi connectivity index (χ1v) is 10.7. The average Bonchev–Trinajstić information content (AvgIpc) is 3.51. The van der Waals surface area contributed by atoms with Crippen LogP contribution in [-0.4, -0.2) is 43.3 Å². The van der Waals surface area contributed by atoms with Gasteiger partial charge in [-0.3, -0.25) is 4.79 Å². The fraction of sp³-hybridized carbons (Fsp3) is 0.417. The van der Waals surface area contributed by atoms with Gasteiger partial charge >= 0.3 is 6.18 Å². The fourth-order valence-corrected chi connectivity index (χ4v) is 3.73. The van der Waals surface area contributed by atoms with Gasteiger partial charge in [-0.05, 0) is 48.2 Å². The minimum absolute atomic E-state index is 0.00446. The molecular weight excluding hydrogens is 419 g/mol. The van der Waals surface area contributed by atoms with Crippen LogP contribution in [0.4, 0.5) is 18.9 Å². The number of nitrogens with zero attached hydrogens (tertiary/aromatic N) is 3. The van der Waals surface area contributed by atoms with Gasteiger partial charge in [0.15, 0.2) is 6.10 Å². The molecule has 0 unspecified atom stereocenters. The molecule has 0 bridgehead atoms. The normalized spacial score (nSPS) is 18.2. The molecule has 1 heterocycles. The molecule has 0 saturated heterocycles. The molecular formula is C24H26F3N3O2. The van der Waals surface area contributed by atoms with Crippen LogP contribution in [0.2, 0.25) is 0 Å². The summed E-state index contributed by atoms with van der Waals surface area (Å²) in [6.07, 6.45) is -2.38. The first-order chi connectivity index (χ1) is 15.2. The van der Waals surface area contributed by atoms with Crippen LogP contribution in [0, 0.1) is 5.92 Å². The van der Waals surface area contributed by atoms with Crippen LogP contribution in [-0.2, 0) is 22.4 Å². The Morgan fingerprint density at radius 2 is 1.72 bits per heavy atom. The average molecular weight is 445 g/mol. The second-order valence-corrected chi connectivity index (χ2v) is 8.60. The highest BCUT2D eigenvalue weighted by atomic mass is 19.4. The molecule has 1 fully saturated rings. The van der Waals surface area contributed by atoms with Gasteiger partial charge in [-0.1, -0.05) is 29.4 Å². The third kappa shape index (κ3) is 5.23. The van der Waals surface area contributed by atoms with Crippen molar-refractivity contribution >= 4 is 17.3 Å². The third-order valence-electron chi connectivity index (χ3n) is 5.77. The first kappa shape index (κ1) is 22.2. The molecule has 0 aromatic heterocycles. The molecule has 5 nitrogen and oxygen atoms in total. The highest BCUT2D eigenvalue weighted by molar-refractivity contribution is 6.01. The smallest absolute Gasteiger partial charge is 0.390 e. The number of amides is 1. The predicted octanol–water partition coefficient (Wildman–Crippen LogP) is 4.70. The van der Waals surface area contributed by atoms with Crippen molar-refractivity contribution in [2.75, 3.05) is 25.5 Å². The number of alkyl halides is 3. The maximum atomic E-state index is 12.8. The van der Waals surface area contributed by atoms with Crippen molar-refractivity contribution in [2.45, 2.75) is 38.1 Å². The number of benzene rings is 2. The zero-order chi connectivity index (χ0) is 22.9. The number of rotatable bonds is 7. The molecule has 8 heteroatoms. The molecule has 1 atom stereocenters. The Balaban J connectivity index is 1.41. The molecule has 1 aliphatic carbocycles. The SMILES string of the molecule is CN(C)c1ccc(C2=NO[C@@H](CN(Cc3ccc(C(F)(F)F)cc3)C(=O)C3CC3)C2)cc1. The van der Waals surface area contributed by atoms with Crippen LogP contribution in [0.5, 0.6) is 0 Å². The maximum absolute atomic E-state index is 12.8. The lowest BCUT2D eigenvalue weighted by Crippen LogP contribution is -2.38. The Labute approximate surface area is 185 Å². The quantitative estimate of drug-likeness (QED) is 0.621. The van der Waals surface area contributed by atoms with Crippen molar-refractivity contribution in [2.24, 2.45) is 11.1 Å². The largest absolute Gasteiger partial charge is 0.416 e. The van der Waals surface area contributed by atoms with Gasteiger partial charge in [0.05, 0.1) is 17.8 Å². The molecule has 2 aliphatic rings. The van der Waals surface area contributed by atoms with Gasteiger partial charge in [-0.2, -0.15) is 13.2 Å². The minimum atomic E-state index is -4.38. The molecule has 0 radical (unpaired) electrons. The van der Waals surface area contributed by atoms with Crippen LogP contribution in [0.1, 0.15) is 36.0 Å². The van der Waals surface area contributed by atoms with Gasteiger partial charge < -0.3 is 14.6 Å². The summed E-state index contributed by atoms with van der Waals surface area (Å²) in [4.78, 5) is 22.1. The molecule has 0 N–H and O–H groups in total. The topological polar surface area (TPSA) is 45.1 Å². The summed E-state index contributed by atoms with van der Waals surface area (Å²) in [6, 6.07) is 13.0. The number of carbonyl (C=O) groups excluding carboxylic acids is 1. The van der Waals surface area contributed by atoms with Crippen LogP contribution < -0.4 is 4.90 Å². The monoisotopic (exact) mass is 445 g/mol. The molecule has 32 heavy (non-hydrogen) atoms. The number of carbonyl (C=O) groups is 1. The van der Waals surface area contributed by atoms with Crippen LogP contribution in [0.15, 0.2) is 53.7 Å². The highest BCUT2D eigenvalue weighted by Crippen LogP contribution is 2.33. The van der Waals surface area contributed by atoms with Crippen molar-refractivity contribution in [3.63, 3.8) is 0 Å². The molecule has 170 valence electrons. The van der Waals surface area contributed by atoms with E-state index in [1.54, 1.807) is 4.90 Å². The number of oxime groups is 1. The van der Waals surface area contributed by atoms with E-state index in [1.807, 2.05) is 43.3 Å². The molecule has 1 amide bonds. The number of hydrogen-bond acceptors (Lipinski definition) is 4. The highest BCUT2D eigenvalue weighted by Gasteiger charge is 2.36. The maximum Gasteiger partial charge on any atom is 0.416 e. The molecule has 4 rings (SSSR count). The van der Waals surface area contributed by atoms with E-state index in [-0.39, 0.29) is 24.5 Å². The standard InChI is InChI=1S/C24H26F3N3O2/c1-29(2)20-11-7-17(8-12-20)22-13-21(32-28-22)15-30(23(31)18-5-6-18)14-16-3-9-19(10-4-16)24(25,26)27/h3-4,7-12,18,21H,5-6,13-15H2,1-2H3/t21-/m1/s1. The summed E-state index contributed by atoms with van der Waals surface area (Å²) in [5.74, 6) is 0.0297. The number of hydrogen-bond donors (Lipinski definition) is 0. The zero-order valence-electron chi connectivity index (χ0n) is 18.1. The lowest BCUT2D eigenvalue weighted by Gasteiger charge is -2.25. The number of halogens is 3. The predicted molar refractivity (Wildman–Crippen MR) is 116 cm³/mol. The van der Waals surface area contributed by atoms with Crippen LogP contribution >= 0.6 is 0 Å². The van der Waals surface area contributed by atoms with Crippen molar-refractivity contribution in [1.29, 1.82) is 0 Å². The summed E-state index contributed by atoms with van der Waals surface area (Å²) < 4.78 is 38.5. The van der Waals surface area contributed by atoms with E-state index in [1.165, 1.54) is 12.1 Å². The van der Waals surface area contributed by atoms with Crippen molar-refractivity contribution < 1.29 is 22.8 Å². The van der Waals surface area contributed by atoms with Crippen molar-refractivity contribution in [3.05, 3.63) is 65.2 Å². The first-order valence-electron chi connectivity index (χ1n) is 10.7. The van der Waals surface area contributed by atoms with E-state index in [9.17, 15) is 18.0 Å². The molecule has 1 saturated carbocycles. The number of anilines is 1. The Morgan fingerprint density at radius 1 is 1.06 bits per heavy atom. The fourth-order valence-electron chi connectivity index (χ4n) is 3.73. The molecule has 2 aromatic rings. The second-order valence-electron chi connectivity index (χ2n) is 8.60. The Bertz CT molecular complexity index is 981. The van der Waals surface area contributed by atoms with E-state index in [0.29, 0.717) is 18.5 Å². The Hall–Kier alpha value is -3.03. The summed E-state index contributed by atoms with van der Waals surface area (Å²) in [7, 11) is 3.95. The van der Waals surface area contributed by atoms with Gasteiger partial charge in [-0.25, -0.2) is 0 Å².